The van der Waals surface area contributed by atoms with Gasteiger partial charge in [0.1, 0.15) is 0 Å². The maximum absolute atomic E-state index is 14.6. The number of anilines is 1. The zero-order valence-corrected chi connectivity index (χ0v) is 25.7. The highest BCUT2D eigenvalue weighted by atomic mass is 35.5. The van der Waals surface area contributed by atoms with Crippen molar-refractivity contribution in [3.05, 3.63) is 64.6 Å². The summed E-state index contributed by atoms with van der Waals surface area (Å²) in [7, 11) is 4.01. The third kappa shape index (κ3) is 7.75. The van der Waals surface area contributed by atoms with Gasteiger partial charge in [0, 0.05) is 44.5 Å². The largest absolute Gasteiger partial charge is 0.494 e. The Hall–Kier alpha value is -4.56. The number of rotatable bonds is 11. The highest BCUT2D eigenvalue weighted by Crippen LogP contribution is 2.30. The first-order valence-corrected chi connectivity index (χ1v) is 14.3. The monoisotopic (exact) mass is 647 g/mol. The van der Waals surface area contributed by atoms with E-state index in [-0.39, 0.29) is 82.9 Å². The van der Waals surface area contributed by atoms with Crippen molar-refractivity contribution < 1.29 is 42.2 Å². The first kappa shape index (κ1) is 33.3. The summed E-state index contributed by atoms with van der Waals surface area (Å²) in [6, 6.07) is 7.03. The SMILES string of the molecule is COC(=O)CCOCCC(=O)N1CCN(C(=O)c2ccc(NC(=O)c3ncc(-c4ccc(OC)c(F)c4F)n3C)cc2Cl)CC1. The molecule has 0 atom stereocenters. The Morgan fingerprint density at radius 1 is 0.956 bits per heavy atom. The molecule has 1 fully saturated rings. The maximum atomic E-state index is 14.6. The molecule has 1 aliphatic rings. The number of carbonyl (C=O) groups is 4. The van der Waals surface area contributed by atoms with Gasteiger partial charge >= 0.3 is 5.97 Å². The van der Waals surface area contributed by atoms with Gasteiger partial charge in [0.2, 0.25) is 11.7 Å². The maximum Gasteiger partial charge on any atom is 0.307 e. The molecule has 1 aromatic heterocycles. The molecule has 12 nitrogen and oxygen atoms in total. The average molecular weight is 648 g/mol. The molecule has 4 rings (SSSR count). The van der Waals surface area contributed by atoms with E-state index in [9.17, 15) is 28.0 Å². The van der Waals surface area contributed by atoms with Crippen LogP contribution in [0.1, 0.15) is 33.8 Å². The number of nitrogens with zero attached hydrogens (tertiary/aromatic N) is 4. The Morgan fingerprint density at radius 3 is 2.31 bits per heavy atom. The molecule has 1 aliphatic heterocycles. The van der Waals surface area contributed by atoms with Crippen LogP contribution in [0.15, 0.2) is 36.5 Å². The number of hydrogen-bond acceptors (Lipinski definition) is 8. The minimum Gasteiger partial charge on any atom is -0.494 e. The topological polar surface area (TPSA) is 132 Å². The van der Waals surface area contributed by atoms with Crippen LogP contribution in [0.5, 0.6) is 5.75 Å². The molecule has 1 N–H and O–H groups in total. The predicted molar refractivity (Wildman–Crippen MR) is 159 cm³/mol. The summed E-state index contributed by atoms with van der Waals surface area (Å²) in [5.74, 6) is -4.07. The molecule has 2 heterocycles. The van der Waals surface area contributed by atoms with Crippen LogP contribution < -0.4 is 10.1 Å². The van der Waals surface area contributed by atoms with Gasteiger partial charge in [0.25, 0.3) is 11.8 Å². The van der Waals surface area contributed by atoms with E-state index in [1.54, 1.807) is 9.80 Å². The van der Waals surface area contributed by atoms with Crippen LogP contribution >= 0.6 is 11.6 Å². The van der Waals surface area contributed by atoms with Gasteiger partial charge in [-0.3, -0.25) is 19.2 Å². The highest BCUT2D eigenvalue weighted by molar-refractivity contribution is 6.34. The van der Waals surface area contributed by atoms with Gasteiger partial charge in [-0.05, 0) is 30.3 Å². The average Bonchev–Trinajstić information content (AvgIpc) is 3.42. The van der Waals surface area contributed by atoms with Crippen LogP contribution in [0.2, 0.25) is 5.02 Å². The van der Waals surface area contributed by atoms with E-state index in [0.717, 1.165) is 0 Å². The minimum absolute atomic E-state index is 0.0722. The zero-order chi connectivity index (χ0) is 32.7. The molecule has 240 valence electrons. The van der Waals surface area contributed by atoms with E-state index in [0.29, 0.717) is 26.2 Å². The lowest BCUT2D eigenvalue weighted by Gasteiger charge is -2.35. The molecule has 0 saturated carbocycles. The number of carbonyl (C=O) groups excluding carboxylic acids is 4. The quantitative estimate of drug-likeness (QED) is 0.247. The minimum atomic E-state index is -1.16. The van der Waals surface area contributed by atoms with E-state index in [1.807, 2.05) is 0 Å². The van der Waals surface area contributed by atoms with Crippen LogP contribution in [0, 0.1) is 11.6 Å². The van der Waals surface area contributed by atoms with Crippen LogP contribution in [0.3, 0.4) is 0 Å². The van der Waals surface area contributed by atoms with E-state index in [4.69, 9.17) is 21.1 Å². The van der Waals surface area contributed by atoms with E-state index < -0.39 is 17.5 Å². The lowest BCUT2D eigenvalue weighted by molar-refractivity contribution is -0.141. The van der Waals surface area contributed by atoms with Gasteiger partial charge in [0.15, 0.2) is 17.4 Å². The first-order chi connectivity index (χ1) is 21.5. The Bertz CT molecular complexity index is 1590. The fourth-order valence-electron chi connectivity index (χ4n) is 4.72. The van der Waals surface area contributed by atoms with Gasteiger partial charge in [0.05, 0.1) is 62.8 Å². The van der Waals surface area contributed by atoms with Gasteiger partial charge in [-0.1, -0.05) is 11.6 Å². The molecule has 1 saturated heterocycles. The summed E-state index contributed by atoms with van der Waals surface area (Å²) in [5, 5.41) is 2.76. The molecule has 45 heavy (non-hydrogen) atoms. The standard InChI is InChI=1S/C30H32ClF2N5O7/c1-36-22(20-6-7-23(43-2)27(33)26(20)32)17-34-28(36)29(41)35-18-4-5-19(21(31)16-18)30(42)38-12-10-37(11-13-38)24(39)8-14-45-15-9-25(40)44-3/h4-7,16-17H,8-15H2,1-3H3,(H,35,41). The molecular formula is C30H32ClF2N5O7. The molecule has 0 bridgehead atoms. The first-order valence-electron chi connectivity index (χ1n) is 13.9. The Morgan fingerprint density at radius 2 is 1.64 bits per heavy atom. The van der Waals surface area contributed by atoms with Crippen LogP contribution in [0.4, 0.5) is 14.5 Å². The third-order valence-electron chi connectivity index (χ3n) is 7.25. The second-order valence-corrected chi connectivity index (χ2v) is 10.4. The summed E-state index contributed by atoms with van der Waals surface area (Å²) >= 11 is 6.42. The highest BCUT2D eigenvalue weighted by Gasteiger charge is 2.26. The Balaban J connectivity index is 1.32. The van der Waals surface area contributed by atoms with Crippen molar-refractivity contribution in [2.45, 2.75) is 12.8 Å². The summed E-state index contributed by atoms with van der Waals surface area (Å²) in [5.41, 5.74) is 0.589. The van der Waals surface area contributed by atoms with Gasteiger partial charge < -0.3 is 33.9 Å². The van der Waals surface area contributed by atoms with E-state index >= 15 is 0 Å². The second-order valence-electron chi connectivity index (χ2n) is 9.98. The molecule has 2 aromatic carbocycles. The number of halogens is 3. The number of esters is 1. The smallest absolute Gasteiger partial charge is 0.307 e. The van der Waals surface area contributed by atoms with Crippen LogP contribution in [0.25, 0.3) is 11.3 Å². The Labute approximate surface area is 262 Å². The lowest BCUT2D eigenvalue weighted by Crippen LogP contribution is -2.50. The van der Waals surface area contributed by atoms with E-state index in [2.05, 4.69) is 15.0 Å². The number of nitrogens with one attached hydrogen (secondary N) is 1. The number of aromatic nitrogens is 2. The molecule has 0 spiro atoms. The van der Waals surface area contributed by atoms with Crippen molar-refractivity contribution in [2.75, 3.05) is 58.9 Å². The summed E-state index contributed by atoms with van der Waals surface area (Å²) in [4.78, 5) is 57.0. The van der Waals surface area contributed by atoms with Crippen LogP contribution in [-0.4, -0.2) is 96.7 Å². The normalized spacial score (nSPS) is 13.0. The molecular weight excluding hydrogens is 616 g/mol. The third-order valence-corrected chi connectivity index (χ3v) is 7.56. The van der Waals surface area contributed by atoms with Crippen molar-refractivity contribution in [1.82, 2.24) is 19.4 Å². The number of piperazine rings is 1. The second kappa shape index (κ2) is 14.9. The fourth-order valence-corrected chi connectivity index (χ4v) is 4.98. The molecule has 0 unspecified atom stereocenters. The van der Waals surface area contributed by atoms with Crippen LogP contribution in [-0.2, 0) is 26.1 Å². The molecule has 3 amide bonds. The Kier molecular flexibility index (Phi) is 11.1. The summed E-state index contributed by atoms with van der Waals surface area (Å²) in [6.07, 6.45) is 1.52. The number of ether oxygens (including phenoxy) is 3. The van der Waals surface area contributed by atoms with Gasteiger partial charge in [-0.15, -0.1) is 0 Å². The van der Waals surface area contributed by atoms with E-state index in [1.165, 1.54) is 62.4 Å². The summed E-state index contributed by atoms with van der Waals surface area (Å²) in [6.45, 7) is 1.65. The fraction of sp³-hybridized carbons (Fsp3) is 0.367. The molecule has 3 aromatic rings. The van der Waals surface area contributed by atoms with Crippen molar-refractivity contribution in [3.63, 3.8) is 0 Å². The zero-order valence-electron chi connectivity index (χ0n) is 24.9. The molecule has 0 radical (unpaired) electrons. The predicted octanol–water partition coefficient (Wildman–Crippen LogP) is 3.53. The van der Waals surface area contributed by atoms with Gasteiger partial charge in [-0.25, -0.2) is 9.37 Å². The van der Waals surface area contributed by atoms with Crippen molar-refractivity contribution in [3.8, 4) is 17.0 Å². The van der Waals surface area contributed by atoms with Crippen molar-refractivity contribution in [1.29, 1.82) is 0 Å². The summed E-state index contributed by atoms with van der Waals surface area (Å²) < 4.78 is 44.8. The number of hydrogen-bond donors (Lipinski definition) is 1. The van der Waals surface area contributed by atoms with Crippen molar-refractivity contribution >= 4 is 41.0 Å². The number of benzene rings is 2. The number of methoxy groups -OCH3 is 2. The van der Waals surface area contributed by atoms with Crippen molar-refractivity contribution in [2.24, 2.45) is 7.05 Å². The lowest BCUT2D eigenvalue weighted by atomic mass is 10.1. The van der Waals surface area contributed by atoms with Gasteiger partial charge in [-0.2, -0.15) is 4.39 Å². The molecule has 15 heteroatoms. The molecule has 0 aliphatic carbocycles. The number of amides is 3. The number of imidazole rings is 1.